The molecule has 0 amide bonds. The van der Waals surface area contributed by atoms with Gasteiger partial charge in [-0.05, 0) is 45.3 Å². The molecule has 23 heavy (non-hydrogen) atoms. The fourth-order valence-electron chi connectivity index (χ4n) is 2.05. The number of hydrogen-bond acceptors (Lipinski definition) is 4. The van der Waals surface area contributed by atoms with Gasteiger partial charge in [0.1, 0.15) is 11.3 Å². The van der Waals surface area contributed by atoms with Gasteiger partial charge in [-0.15, -0.1) is 13.2 Å². The van der Waals surface area contributed by atoms with Crippen LogP contribution >= 0.6 is 0 Å². The van der Waals surface area contributed by atoms with Crippen LogP contribution in [0.25, 0.3) is 0 Å². The van der Waals surface area contributed by atoms with Crippen molar-refractivity contribution in [3.8, 4) is 5.75 Å². The zero-order valence-electron chi connectivity index (χ0n) is 13.0. The van der Waals surface area contributed by atoms with E-state index in [1.54, 1.807) is 27.7 Å². The molecule has 0 aliphatic carbocycles. The van der Waals surface area contributed by atoms with Gasteiger partial charge in [0.2, 0.25) is 0 Å². The van der Waals surface area contributed by atoms with Crippen molar-refractivity contribution in [3.05, 3.63) is 23.8 Å². The second-order valence-corrected chi connectivity index (χ2v) is 6.20. The predicted molar refractivity (Wildman–Crippen MR) is 75.8 cm³/mol. The summed E-state index contributed by atoms with van der Waals surface area (Å²) >= 11 is 0. The van der Waals surface area contributed by atoms with Crippen molar-refractivity contribution in [2.45, 2.75) is 45.3 Å². The Labute approximate surface area is 131 Å². The van der Waals surface area contributed by atoms with Crippen LogP contribution in [-0.2, 0) is 9.31 Å². The van der Waals surface area contributed by atoms with Crippen LogP contribution in [-0.4, -0.2) is 35.8 Å². The Morgan fingerprint density at radius 1 is 1.17 bits per heavy atom. The number of carbonyl (C=O) groups is 1. The molecule has 1 fully saturated rings. The van der Waals surface area contributed by atoms with Gasteiger partial charge in [-0.25, -0.2) is 4.79 Å². The first-order chi connectivity index (χ1) is 10.3. The molecule has 1 aromatic carbocycles. The smallest absolute Gasteiger partial charge is 0.478 e. The van der Waals surface area contributed by atoms with E-state index in [-0.39, 0.29) is 5.46 Å². The summed E-state index contributed by atoms with van der Waals surface area (Å²) in [7, 11) is -0.918. The van der Waals surface area contributed by atoms with Gasteiger partial charge in [-0.3, -0.25) is 0 Å². The largest absolute Gasteiger partial charge is 0.573 e. The normalized spacial score (nSPS) is 19.7. The summed E-state index contributed by atoms with van der Waals surface area (Å²) in [5.41, 5.74) is -1.70. The van der Waals surface area contributed by atoms with Crippen LogP contribution in [0.4, 0.5) is 13.2 Å². The van der Waals surface area contributed by atoms with E-state index in [1.807, 2.05) is 0 Å². The van der Waals surface area contributed by atoms with Crippen LogP contribution in [0.5, 0.6) is 5.75 Å². The molecule has 126 valence electrons. The molecule has 0 aromatic heterocycles. The van der Waals surface area contributed by atoms with Gasteiger partial charge in [0.05, 0.1) is 11.2 Å². The number of benzene rings is 1. The molecule has 0 spiro atoms. The number of carboxylic acids is 1. The average molecular weight is 332 g/mol. The summed E-state index contributed by atoms with van der Waals surface area (Å²) in [5.74, 6) is -2.33. The van der Waals surface area contributed by atoms with Crippen molar-refractivity contribution in [1.82, 2.24) is 0 Å². The summed E-state index contributed by atoms with van der Waals surface area (Å²) in [6.45, 7) is 7.19. The maximum atomic E-state index is 12.5. The highest BCUT2D eigenvalue weighted by atomic mass is 19.4. The van der Waals surface area contributed by atoms with E-state index in [2.05, 4.69) is 4.74 Å². The first-order valence-electron chi connectivity index (χ1n) is 6.81. The molecule has 1 aliphatic rings. The van der Waals surface area contributed by atoms with E-state index in [1.165, 1.54) is 6.07 Å². The Hall–Kier alpha value is -1.74. The topological polar surface area (TPSA) is 65.0 Å². The van der Waals surface area contributed by atoms with Crippen molar-refractivity contribution < 1.29 is 37.1 Å². The third kappa shape index (κ3) is 3.61. The summed E-state index contributed by atoms with van der Waals surface area (Å²) in [4.78, 5) is 11.0. The zero-order valence-corrected chi connectivity index (χ0v) is 13.0. The lowest BCUT2D eigenvalue weighted by molar-refractivity contribution is -0.274. The van der Waals surface area contributed by atoms with Crippen molar-refractivity contribution in [2.24, 2.45) is 0 Å². The molecule has 1 heterocycles. The summed E-state index contributed by atoms with van der Waals surface area (Å²) in [5, 5.41) is 8.98. The number of hydrogen-bond donors (Lipinski definition) is 1. The minimum Gasteiger partial charge on any atom is -0.478 e. The number of carboxylic acid groups (broad SMARTS) is 1. The number of ether oxygens (including phenoxy) is 1. The zero-order chi connectivity index (χ0) is 17.6. The minimum atomic E-state index is -5.00. The van der Waals surface area contributed by atoms with Crippen molar-refractivity contribution in [3.63, 3.8) is 0 Å². The number of aromatic carboxylic acids is 1. The van der Waals surface area contributed by atoms with Gasteiger partial charge >= 0.3 is 19.5 Å². The van der Waals surface area contributed by atoms with Crippen molar-refractivity contribution >= 4 is 18.6 Å². The van der Waals surface area contributed by atoms with Crippen LogP contribution in [0.15, 0.2) is 18.2 Å². The van der Waals surface area contributed by atoms with Gasteiger partial charge in [-0.2, -0.15) is 0 Å². The lowest BCUT2D eigenvalue weighted by Crippen LogP contribution is -2.41. The Balaban J connectivity index is 2.39. The lowest BCUT2D eigenvalue weighted by atomic mass is 9.78. The Morgan fingerprint density at radius 3 is 2.13 bits per heavy atom. The molecule has 1 aromatic rings. The van der Waals surface area contributed by atoms with Crippen molar-refractivity contribution in [2.75, 3.05) is 0 Å². The van der Waals surface area contributed by atoms with Gasteiger partial charge in [0.15, 0.2) is 0 Å². The predicted octanol–water partition coefficient (Wildman–Crippen LogP) is 2.58. The first-order valence-corrected chi connectivity index (χ1v) is 6.81. The van der Waals surface area contributed by atoms with Crippen LogP contribution in [0.1, 0.15) is 38.1 Å². The molecule has 0 bridgehead atoms. The number of rotatable bonds is 3. The van der Waals surface area contributed by atoms with Gasteiger partial charge < -0.3 is 19.2 Å². The monoisotopic (exact) mass is 332 g/mol. The Kier molecular flexibility index (Phi) is 4.15. The molecule has 0 saturated carbocycles. The Morgan fingerprint density at radius 2 is 1.70 bits per heavy atom. The van der Waals surface area contributed by atoms with Gasteiger partial charge in [0.25, 0.3) is 0 Å². The number of halogens is 3. The highest BCUT2D eigenvalue weighted by Gasteiger charge is 2.52. The summed E-state index contributed by atoms with van der Waals surface area (Å²) in [6.07, 6.45) is -5.00. The molecule has 0 unspecified atom stereocenters. The minimum absolute atomic E-state index is 0.243. The van der Waals surface area contributed by atoms with E-state index < -0.39 is 42.0 Å². The van der Waals surface area contributed by atoms with Gasteiger partial charge in [-0.1, -0.05) is 6.07 Å². The molecule has 1 N–H and O–H groups in total. The highest BCUT2D eigenvalue weighted by molar-refractivity contribution is 6.62. The first kappa shape index (κ1) is 17.6. The van der Waals surface area contributed by atoms with E-state index in [4.69, 9.17) is 14.4 Å². The molecule has 2 rings (SSSR count). The van der Waals surface area contributed by atoms with Crippen molar-refractivity contribution in [1.29, 1.82) is 0 Å². The quantitative estimate of drug-likeness (QED) is 0.862. The summed E-state index contributed by atoms with van der Waals surface area (Å²) < 4.78 is 52.7. The summed E-state index contributed by atoms with van der Waals surface area (Å²) in [6, 6.07) is 3.34. The molecular weight excluding hydrogens is 316 g/mol. The number of alkyl halides is 3. The molecule has 5 nitrogen and oxygen atoms in total. The standard InChI is InChI=1S/C14H16BF3O5/c1-12(2)13(3,4)23-15(22-12)8-5-6-9(11(19)20)10(7-8)21-14(16,17)18/h5-7H,1-4H3,(H,19,20). The second kappa shape index (κ2) is 5.42. The molecule has 0 atom stereocenters. The molecule has 1 saturated heterocycles. The van der Waals surface area contributed by atoms with E-state index in [0.717, 1.165) is 12.1 Å². The fraction of sp³-hybridized carbons (Fsp3) is 0.500. The Bertz CT molecular complexity index is 611. The average Bonchev–Trinajstić information content (AvgIpc) is 2.56. The molecule has 1 aliphatic heterocycles. The van der Waals surface area contributed by atoms with E-state index in [9.17, 15) is 18.0 Å². The fourth-order valence-corrected chi connectivity index (χ4v) is 2.05. The third-order valence-electron chi connectivity index (χ3n) is 3.99. The van der Waals surface area contributed by atoms with Gasteiger partial charge in [0, 0.05) is 0 Å². The van der Waals surface area contributed by atoms with E-state index >= 15 is 0 Å². The van der Waals surface area contributed by atoms with Crippen LogP contribution in [0.3, 0.4) is 0 Å². The third-order valence-corrected chi connectivity index (χ3v) is 3.99. The maximum Gasteiger partial charge on any atom is 0.573 e. The lowest BCUT2D eigenvalue weighted by Gasteiger charge is -2.32. The van der Waals surface area contributed by atoms with E-state index in [0.29, 0.717) is 0 Å². The SMILES string of the molecule is CC1(C)OB(c2ccc(C(=O)O)c(OC(F)(F)F)c2)OC1(C)C. The second-order valence-electron chi connectivity index (χ2n) is 6.20. The molecule has 9 heteroatoms. The highest BCUT2D eigenvalue weighted by Crippen LogP contribution is 2.37. The van der Waals surface area contributed by atoms with Crippen LogP contribution in [0.2, 0.25) is 0 Å². The maximum absolute atomic E-state index is 12.5. The van der Waals surface area contributed by atoms with Crippen LogP contribution < -0.4 is 10.2 Å². The molecular formula is C14H16BF3O5. The van der Waals surface area contributed by atoms with Crippen LogP contribution in [0, 0.1) is 0 Å². The molecule has 0 radical (unpaired) electrons.